The van der Waals surface area contributed by atoms with E-state index in [0.717, 1.165) is 23.6 Å². The van der Waals surface area contributed by atoms with Gasteiger partial charge >= 0.3 is 0 Å². The van der Waals surface area contributed by atoms with Gasteiger partial charge in [-0.25, -0.2) is 0 Å². The summed E-state index contributed by atoms with van der Waals surface area (Å²) >= 11 is 6.05. The van der Waals surface area contributed by atoms with Crippen molar-refractivity contribution in [2.24, 2.45) is 0 Å². The first-order valence-corrected chi connectivity index (χ1v) is 7.94. The van der Waals surface area contributed by atoms with E-state index in [0.29, 0.717) is 0 Å². The first-order valence-electron chi connectivity index (χ1n) is 7.56. The van der Waals surface area contributed by atoms with E-state index in [1.807, 2.05) is 12.1 Å². The number of hydrogen-bond acceptors (Lipinski definition) is 0. The van der Waals surface area contributed by atoms with Crippen molar-refractivity contribution in [3.63, 3.8) is 0 Å². The monoisotopic (exact) mass is 305 g/mol. The number of rotatable bonds is 2. The molecule has 0 saturated carbocycles. The molecule has 0 unspecified atom stereocenters. The van der Waals surface area contributed by atoms with Gasteiger partial charge in [0.2, 0.25) is 0 Å². The Labute approximate surface area is 134 Å². The fraction of sp³-hybridized carbons (Fsp3) is 0.100. The molecule has 0 N–H and O–H groups in total. The van der Waals surface area contributed by atoms with Crippen LogP contribution in [0.25, 0.3) is 29.1 Å². The van der Waals surface area contributed by atoms with Crippen LogP contribution in [0.5, 0.6) is 0 Å². The lowest BCUT2D eigenvalue weighted by atomic mass is 10.1. The average Bonchev–Trinajstić information content (AvgIpc) is 2.96. The molecular weight excluding hydrogens is 290 g/mol. The van der Waals surface area contributed by atoms with Gasteiger partial charge in [0.15, 0.2) is 0 Å². The molecule has 0 saturated heterocycles. The molecule has 108 valence electrons. The number of benzene rings is 2. The fourth-order valence-corrected chi connectivity index (χ4v) is 3.19. The zero-order valence-corrected chi connectivity index (χ0v) is 12.9. The van der Waals surface area contributed by atoms with Crippen molar-refractivity contribution in [2.45, 2.75) is 12.8 Å². The van der Waals surface area contributed by atoms with Gasteiger partial charge in [-0.1, -0.05) is 54.1 Å². The summed E-state index contributed by atoms with van der Waals surface area (Å²) in [6.45, 7) is 0. The van der Waals surface area contributed by atoms with E-state index in [2.05, 4.69) is 65.3 Å². The lowest BCUT2D eigenvalue weighted by molar-refractivity contribution is 1.00. The van der Waals surface area contributed by atoms with Crippen molar-refractivity contribution < 1.29 is 0 Å². The van der Waals surface area contributed by atoms with E-state index < -0.39 is 0 Å². The van der Waals surface area contributed by atoms with Gasteiger partial charge in [-0.2, -0.15) is 0 Å². The molecule has 0 radical (unpaired) electrons. The predicted octanol–water partition coefficient (Wildman–Crippen LogP) is 4.15. The molecule has 1 heterocycles. The first-order chi connectivity index (χ1) is 10.8. The number of aromatic nitrogens is 1. The van der Waals surface area contributed by atoms with Crippen molar-refractivity contribution >= 4 is 23.8 Å². The Balaban J connectivity index is 2.04. The van der Waals surface area contributed by atoms with Gasteiger partial charge in [0.1, 0.15) is 0 Å². The molecule has 0 aliphatic heterocycles. The van der Waals surface area contributed by atoms with E-state index in [4.69, 9.17) is 11.6 Å². The summed E-state index contributed by atoms with van der Waals surface area (Å²) in [6.07, 6.45) is 6.87. The van der Waals surface area contributed by atoms with Gasteiger partial charge in [0, 0.05) is 16.1 Å². The van der Waals surface area contributed by atoms with Gasteiger partial charge in [-0.3, -0.25) is 0 Å². The van der Waals surface area contributed by atoms with Gasteiger partial charge in [0.25, 0.3) is 0 Å². The van der Waals surface area contributed by atoms with Gasteiger partial charge in [-0.05, 0) is 54.0 Å². The molecule has 1 aromatic heterocycles. The maximum atomic E-state index is 6.05. The highest BCUT2D eigenvalue weighted by atomic mass is 35.5. The molecule has 22 heavy (non-hydrogen) atoms. The Bertz CT molecular complexity index is 918. The Morgan fingerprint density at radius 3 is 2.32 bits per heavy atom. The third kappa shape index (κ3) is 2.28. The molecule has 4 rings (SSSR count). The Kier molecular flexibility index (Phi) is 3.36. The van der Waals surface area contributed by atoms with E-state index in [1.165, 1.54) is 21.8 Å². The molecule has 2 aromatic carbocycles. The van der Waals surface area contributed by atoms with Crippen LogP contribution in [0.1, 0.15) is 12.8 Å². The fourth-order valence-electron chi connectivity index (χ4n) is 3.07. The van der Waals surface area contributed by atoms with Crippen molar-refractivity contribution in [1.29, 1.82) is 0 Å². The molecule has 0 atom stereocenters. The molecule has 1 nitrogen and oxygen atoms in total. The summed E-state index contributed by atoms with van der Waals surface area (Å²) in [5, 5.41) is 3.37. The molecule has 0 bridgehead atoms. The Hall–Kier alpha value is -2.25. The summed E-state index contributed by atoms with van der Waals surface area (Å²) in [6, 6.07) is 20.9. The summed E-state index contributed by atoms with van der Waals surface area (Å²) in [5.74, 6) is 0. The van der Waals surface area contributed by atoms with Crippen LogP contribution in [0.15, 0.2) is 60.7 Å². The highest BCUT2D eigenvalue weighted by Crippen LogP contribution is 2.22. The zero-order valence-electron chi connectivity index (χ0n) is 12.2. The minimum absolute atomic E-state index is 0.765. The summed E-state index contributed by atoms with van der Waals surface area (Å²) in [7, 11) is 0. The maximum Gasteiger partial charge on any atom is 0.0540 e. The molecule has 1 aliphatic carbocycles. The van der Waals surface area contributed by atoms with Crippen LogP contribution in [0.4, 0.5) is 0 Å². The van der Waals surface area contributed by atoms with Gasteiger partial charge in [-0.15, -0.1) is 0 Å². The van der Waals surface area contributed by atoms with Crippen molar-refractivity contribution in [3.8, 4) is 16.9 Å². The largest absolute Gasteiger partial charge is 0.310 e. The third-order valence-electron chi connectivity index (χ3n) is 4.09. The SMILES string of the molecule is Clc1ccc(-n2c(-c3ccccc3)cc3c2=CCCC=3)cc1. The average molecular weight is 306 g/mol. The van der Waals surface area contributed by atoms with Crippen LogP contribution in [0.2, 0.25) is 5.02 Å². The van der Waals surface area contributed by atoms with Crippen LogP contribution in [-0.4, -0.2) is 4.57 Å². The van der Waals surface area contributed by atoms with Crippen LogP contribution in [0, 0.1) is 0 Å². The van der Waals surface area contributed by atoms with Crippen LogP contribution in [-0.2, 0) is 0 Å². The molecular formula is C20H16ClN. The molecule has 0 spiro atoms. The lowest BCUT2D eigenvalue weighted by Crippen LogP contribution is -2.29. The predicted molar refractivity (Wildman–Crippen MR) is 93.6 cm³/mol. The highest BCUT2D eigenvalue weighted by molar-refractivity contribution is 6.30. The smallest absolute Gasteiger partial charge is 0.0540 e. The van der Waals surface area contributed by atoms with Crippen molar-refractivity contribution in [1.82, 2.24) is 4.57 Å². The highest BCUT2D eigenvalue weighted by Gasteiger charge is 2.11. The second kappa shape index (κ2) is 5.51. The van der Waals surface area contributed by atoms with E-state index >= 15 is 0 Å². The van der Waals surface area contributed by atoms with Crippen LogP contribution < -0.4 is 10.6 Å². The minimum Gasteiger partial charge on any atom is -0.310 e. The van der Waals surface area contributed by atoms with Gasteiger partial charge < -0.3 is 4.57 Å². The molecule has 3 aromatic rings. The lowest BCUT2D eigenvalue weighted by Gasteiger charge is -2.11. The van der Waals surface area contributed by atoms with Crippen molar-refractivity contribution in [2.75, 3.05) is 0 Å². The number of hydrogen-bond donors (Lipinski definition) is 0. The third-order valence-corrected chi connectivity index (χ3v) is 4.34. The molecule has 2 heteroatoms. The normalized spacial score (nSPS) is 13.1. The second-order valence-electron chi connectivity index (χ2n) is 5.53. The van der Waals surface area contributed by atoms with E-state index in [9.17, 15) is 0 Å². The van der Waals surface area contributed by atoms with Gasteiger partial charge in [0.05, 0.1) is 5.69 Å². The Morgan fingerprint density at radius 2 is 1.55 bits per heavy atom. The maximum absolute atomic E-state index is 6.05. The van der Waals surface area contributed by atoms with Crippen LogP contribution >= 0.6 is 11.6 Å². The zero-order chi connectivity index (χ0) is 14.9. The number of fused-ring (bicyclic) bond motifs is 1. The first kappa shape index (κ1) is 13.4. The summed E-state index contributed by atoms with van der Waals surface area (Å²) in [4.78, 5) is 0. The number of halogens is 1. The Morgan fingerprint density at radius 1 is 0.818 bits per heavy atom. The topological polar surface area (TPSA) is 4.93 Å². The summed E-state index contributed by atoms with van der Waals surface area (Å²) in [5.41, 5.74) is 3.60. The van der Waals surface area contributed by atoms with E-state index in [-0.39, 0.29) is 0 Å². The molecule has 0 fully saturated rings. The minimum atomic E-state index is 0.765. The number of nitrogens with zero attached hydrogens (tertiary/aromatic N) is 1. The molecule has 0 amide bonds. The quantitative estimate of drug-likeness (QED) is 0.670. The standard InChI is InChI=1S/C20H16ClN/c21-17-10-12-18(13-11-17)22-19-9-5-4-8-16(19)14-20(22)15-6-2-1-3-7-15/h1-3,6-14H,4-5H2. The molecule has 1 aliphatic rings. The van der Waals surface area contributed by atoms with E-state index in [1.54, 1.807) is 0 Å². The second-order valence-corrected chi connectivity index (χ2v) is 5.97. The van der Waals surface area contributed by atoms with Crippen LogP contribution in [0.3, 0.4) is 0 Å². The van der Waals surface area contributed by atoms with Crippen molar-refractivity contribution in [3.05, 3.63) is 76.3 Å². The summed E-state index contributed by atoms with van der Waals surface area (Å²) < 4.78 is 2.33.